The first kappa shape index (κ1) is 28.0. The summed E-state index contributed by atoms with van der Waals surface area (Å²) in [6.07, 6.45) is -0.0869. The first-order valence-electron chi connectivity index (χ1n) is 12.2. The number of hydrogen-bond acceptors (Lipinski definition) is 6. The van der Waals surface area contributed by atoms with E-state index >= 15 is 0 Å². The Labute approximate surface area is 227 Å². The number of nitrogens with one attached hydrogen (secondary N) is 2. The van der Waals surface area contributed by atoms with Gasteiger partial charge in [-0.05, 0) is 67.1 Å². The van der Waals surface area contributed by atoms with Crippen LogP contribution in [0.25, 0.3) is 16.3 Å². The number of rotatable bonds is 8. The highest BCUT2D eigenvalue weighted by atomic mass is 32.1. The molecule has 0 saturated carbocycles. The molecule has 0 radical (unpaired) electrons. The Kier molecular flexibility index (Phi) is 8.14. The van der Waals surface area contributed by atoms with Crippen molar-refractivity contribution in [2.75, 3.05) is 10.6 Å². The molecule has 4 rings (SSSR count). The lowest BCUT2D eigenvalue weighted by Crippen LogP contribution is -2.15. The van der Waals surface area contributed by atoms with Crippen LogP contribution in [0, 0.1) is 12.8 Å². The zero-order valence-corrected chi connectivity index (χ0v) is 22.6. The van der Waals surface area contributed by atoms with Crippen molar-refractivity contribution in [1.29, 1.82) is 0 Å². The normalized spacial score (nSPS) is 11.6. The van der Waals surface area contributed by atoms with Gasteiger partial charge in [-0.1, -0.05) is 36.5 Å². The van der Waals surface area contributed by atoms with Crippen molar-refractivity contribution in [2.24, 2.45) is 5.92 Å². The summed E-state index contributed by atoms with van der Waals surface area (Å²) >= 11 is 1.24. The van der Waals surface area contributed by atoms with Crippen molar-refractivity contribution < 1.29 is 22.8 Å². The van der Waals surface area contributed by atoms with Crippen molar-refractivity contribution in [2.45, 2.75) is 46.7 Å². The Morgan fingerprint density at radius 3 is 2.56 bits per heavy atom. The number of hydrogen-bond donors (Lipinski definition) is 2. The number of halogens is 3. The Hall–Kier alpha value is -4.06. The van der Waals surface area contributed by atoms with Gasteiger partial charge in [0.25, 0.3) is 5.91 Å². The maximum atomic E-state index is 13.5. The average Bonchev–Trinajstić information content (AvgIpc) is 3.52. The molecule has 2 amide bonds. The molecule has 0 unspecified atom stereocenters. The van der Waals surface area contributed by atoms with Gasteiger partial charge in [0.2, 0.25) is 5.91 Å². The highest BCUT2D eigenvalue weighted by Gasteiger charge is 2.31. The van der Waals surface area contributed by atoms with Crippen LogP contribution in [-0.2, 0) is 17.4 Å². The fourth-order valence-corrected chi connectivity index (χ4v) is 4.64. The minimum atomic E-state index is -4.53. The molecule has 0 aliphatic carbocycles. The number of alkyl halides is 3. The molecule has 4 aromatic rings. The molecular weight excluding hydrogens is 529 g/mol. The Bertz CT molecular complexity index is 1510. The summed E-state index contributed by atoms with van der Waals surface area (Å²) in [4.78, 5) is 29.2. The number of nitrogens with zero attached hydrogens (tertiary/aromatic N) is 4. The zero-order chi connectivity index (χ0) is 28.3. The van der Waals surface area contributed by atoms with E-state index in [9.17, 15) is 22.8 Å². The molecule has 8 nitrogen and oxygen atoms in total. The van der Waals surface area contributed by atoms with Gasteiger partial charge in [0, 0.05) is 24.4 Å². The van der Waals surface area contributed by atoms with E-state index in [1.54, 1.807) is 36.7 Å². The third-order valence-electron chi connectivity index (χ3n) is 5.84. The molecule has 0 fully saturated rings. The van der Waals surface area contributed by atoms with Crippen LogP contribution in [-0.4, -0.2) is 31.8 Å². The van der Waals surface area contributed by atoms with E-state index in [0.717, 1.165) is 24.1 Å². The van der Waals surface area contributed by atoms with E-state index < -0.39 is 17.6 Å². The van der Waals surface area contributed by atoms with Gasteiger partial charge in [0.1, 0.15) is 5.69 Å². The lowest BCUT2D eigenvalue weighted by atomic mass is 10.00. The standard InChI is InChI=1S/C27H27F3N6O2S/c1-15(2)5-7-18-9-20(27(28,29)30)12-21(10-18)33-25(38)19-8-6-16(3)23(11-19)36-14-22(34-35-36)24-13-31-26(39-24)32-17(4)37/h6,8-15H,5,7H2,1-4H3,(H,33,38)(H,31,32,37). The number of amides is 2. The number of anilines is 2. The minimum Gasteiger partial charge on any atom is -0.322 e. The van der Waals surface area contributed by atoms with Crippen molar-refractivity contribution in [1.82, 2.24) is 20.0 Å². The van der Waals surface area contributed by atoms with Gasteiger partial charge in [0.15, 0.2) is 5.13 Å². The monoisotopic (exact) mass is 556 g/mol. The van der Waals surface area contributed by atoms with Gasteiger partial charge >= 0.3 is 6.18 Å². The van der Waals surface area contributed by atoms with E-state index in [1.807, 2.05) is 20.8 Å². The molecule has 2 aromatic carbocycles. The lowest BCUT2D eigenvalue weighted by Gasteiger charge is -2.14. The molecule has 2 aromatic heterocycles. The quantitative estimate of drug-likeness (QED) is 0.257. The molecule has 0 aliphatic heterocycles. The summed E-state index contributed by atoms with van der Waals surface area (Å²) in [7, 11) is 0. The molecule has 0 spiro atoms. The van der Waals surface area contributed by atoms with Crippen molar-refractivity contribution in [3.63, 3.8) is 0 Å². The summed E-state index contributed by atoms with van der Waals surface area (Å²) in [6, 6.07) is 8.59. The third kappa shape index (κ3) is 7.08. The van der Waals surface area contributed by atoms with Crippen LogP contribution in [0.5, 0.6) is 0 Å². The molecule has 2 N–H and O–H groups in total. The minimum absolute atomic E-state index is 0.0823. The van der Waals surface area contributed by atoms with E-state index in [4.69, 9.17) is 0 Å². The topological polar surface area (TPSA) is 102 Å². The highest BCUT2D eigenvalue weighted by molar-refractivity contribution is 7.19. The number of benzene rings is 2. The highest BCUT2D eigenvalue weighted by Crippen LogP contribution is 2.33. The lowest BCUT2D eigenvalue weighted by molar-refractivity contribution is -0.137. The van der Waals surface area contributed by atoms with Crippen LogP contribution in [0.15, 0.2) is 48.8 Å². The van der Waals surface area contributed by atoms with Gasteiger partial charge in [-0.2, -0.15) is 13.2 Å². The number of carbonyl (C=O) groups excluding carboxylic acids is 2. The SMILES string of the molecule is CC(=O)Nc1ncc(-c2cn(-c3cc(C(=O)Nc4cc(CCC(C)C)cc(C(F)(F)F)c4)ccc3C)nn2)s1. The molecule has 0 aliphatic rings. The predicted molar refractivity (Wildman–Crippen MR) is 144 cm³/mol. The summed E-state index contributed by atoms with van der Waals surface area (Å²) in [5, 5.41) is 14.0. The molecule has 12 heteroatoms. The molecule has 204 valence electrons. The maximum Gasteiger partial charge on any atom is 0.416 e. The Morgan fingerprint density at radius 1 is 1.10 bits per heavy atom. The van der Waals surface area contributed by atoms with Crippen molar-refractivity contribution in [3.8, 4) is 16.3 Å². The van der Waals surface area contributed by atoms with Gasteiger partial charge < -0.3 is 10.6 Å². The molecular formula is C27H27F3N6O2S. The van der Waals surface area contributed by atoms with Crippen LogP contribution in [0.1, 0.15) is 54.2 Å². The fraction of sp³-hybridized carbons (Fsp3) is 0.296. The van der Waals surface area contributed by atoms with Crippen molar-refractivity contribution in [3.05, 3.63) is 71.0 Å². The summed E-state index contributed by atoms with van der Waals surface area (Å²) in [5.74, 6) is -0.452. The summed E-state index contributed by atoms with van der Waals surface area (Å²) in [5.41, 5.74) is 1.95. The van der Waals surface area contributed by atoms with Crippen molar-refractivity contribution >= 4 is 34.0 Å². The first-order chi connectivity index (χ1) is 18.4. The molecule has 0 bridgehead atoms. The molecule has 39 heavy (non-hydrogen) atoms. The molecule has 2 heterocycles. The van der Waals surface area contributed by atoms with Crippen LogP contribution in [0.2, 0.25) is 0 Å². The second kappa shape index (κ2) is 11.4. The Balaban J connectivity index is 1.58. The second-order valence-electron chi connectivity index (χ2n) is 9.56. The average molecular weight is 557 g/mol. The largest absolute Gasteiger partial charge is 0.416 e. The maximum absolute atomic E-state index is 13.5. The molecule has 0 saturated heterocycles. The number of aryl methyl sites for hydroxylation is 2. The van der Waals surface area contributed by atoms with Crippen LogP contribution in [0.3, 0.4) is 0 Å². The van der Waals surface area contributed by atoms with Crippen LogP contribution >= 0.6 is 11.3 Å². The van der Waals surface area contributed by atoms with E-state index in [-0.39, 0.29) is 17.2 Å². The van der Waals surface area contributed by atoms with E-state index in [1.165, 1.54) is 22.9 Å². The molecule has 0 atom stereocenters. The second-order valence-corrected chi connectivity index (χ2v) is 10.6. The number of aromatic nitrogens is 4. The van der Waals surface area contributed by atoms with Crippen LogP contribution < -0.4 is 10.6 Å². The smallest absolute Gasteiger partial charge is 0.322 e. The van der Waals surface area contributed by atoms with Gasteiger partial charge in [-0.3, -0.25) is 9.59 Å². The van der Waals surface area contributed by atoms with E-state index in [2.05, 4.69) is 25.9 Å². The third-order valence-corrected chi connectivity index (χ3v) is 6.78. The first-order valence-corrected chi connectivity index (χ1v) is 13.0. The fourth-order valence-electron chi connectivity index (χ4n) is 3.82. The zero-order valence-electron chi connectivity index (χ0n) is 21.8. The van der Waals surface area contributed by atoms with Gasteiger partial charge in [-0.15, -0.1) is 5.10 Å². The van der Waals surface area contributed by atoms with Gasteiger partial charge in [-0.25, -0.2) is 9.67 Å². The number of thiazole rings is 1. The van der Waals surface area contributed by atoms with E-state index in [0.29, 0.717) is 39.3 Å². The Morgan fingerprint density at radius 2 is 1.87 bits per heavy atom. The predicted octanol–water partition coefficient (Wildman–Crippen LogP) is 6.52. The summed E-state index contributed by atoms with van der Waals surface area (Å²) < 4.78 is 42.1. The number of carbonyl (C=O) groups is 2. The summed E-state index contributed by atoms with van der Waals surface area (Å²) in [6.45, 7) is 7.24. The van der Waals surface area contributed by atoms with Gasteiger partial charge in [0.05, 0.1) is 22.3 Å². The van der Waals surface area contributed by atoms with Crippen LogP contribution in [0.4, 0.5) is 24.0 Å².